The van der Waals surface area contributed by atoms with Gasteiger partial charge in [0.1, 0.15) is 5.82 Å². The first-order valence-corrected chi connectivity index (χ1v) is 6.35. The number of likely N-dealkylation sites (N-methyl/N-ethyl adjacent to an activating group) is 1. The van der Waals surface area contributed by atoms with Gasteiger partial charge in [-0.05, 0) is 38.9 Å². The maximum atomic E-state index is 5.76. The van der Waals surface area contributed by atoms with Crippen LogP contribution in [0.4, 0.5) is 5.82 Å². The lowest BCUT2D eigenvalue weighted by atomic mass is 10.2. The third-order valence-corrected chi connectivity index (χ3v) is 3.22. The number of halogens is 1. The molecule has 0 bridgehead atoms. The fourth-order valence-corrected chi connectivity index (χ4v) is 1.62. The van der Waals surface area contributed by atoms with E-state index in [2.05, 4.69) is 41.1 Å². The van der Waals surface area contributed by atoms with Crippen molar-refractivity contribution in [1.82, 2.24) is 14.9 Å². The predicted octanol–water partition coefficient (Wildman–Crippen LogP) is 2.58. The van der Waals surface area contributed by atoms with E-state index in [4.69, 9.17) is 11.6 Å². The molecule has 1 aromatic heterocycles. The zero-order valence-electron chi connectivity index (χ0n) is 11.0. The zero-order chi connectivity index (χ0) is 12.8. The maximum absolute atomic E-state index is 5.76. The van der Waals surface area contributed by atoms with Crippen LogP contribution in [0, 0.1) is 6.92 Å². The average molecular weight is 257 g/mol. The molecule has 0 aromatic carbocycles. The molecule has 0 spiro atoms. The van der Waals surface area contributed by atoms with E-state index in [9.17, 15) is 0 Å². The monoisotopic (exact) mass is 256 g/mol. The normalized spacial score (nSPS) is 12.8. The van der Waals surface area contributed by atoms with Crippen molar-refractivity contribution in [2.75, 3.05) is 25.5 Å². The standard InChI is InChI=1S/C12H21ClN4/c1-5-10(3)17(4)7-6-14-11-9(2)8-15-12(13)16-11/h8,10H,5-7H2,1-4H3,(H,14,15,16). The van der Waals surface area contributed by atoms with Gasteiger partial charge in [-0.15, -0.1) is 0 Å². The predicted molar refractivity (Wildman–Crippen MR) is 72.7 cm³/mol. The van der Waals surface area contributed by atoms with Crippen molar-refractivity contribution in [2.45, 2.75) is 33.2 Å². The van der Waals surface area contributed by atoms with Gasteiger partial charge in [-0.3, -0.25) is 0 Å². The van der Waals surface area contributed by atoms with Crippen molar-refractivity contribution in [3.05, 3.63) is 17.0 Å². The molecule has 1 rings (SSSR count). The van der Waals surface area contributed by atoms with Gasteiger partial charge in [-0.25, -0.2) is 9.97 Å². The lowest BCUT2D eigenvalue weighted by Crippen LogP contribution is -2.32. The van der Waals surface area contributed by atoms with E-state index in [1.807, 2.05) is 6.92 Å². The van der Waals surface area contributed by atoms with Gasteiger partial charge >= 0.3 is 0 Å². The van der Waals surface area contributed by atoms with Crippen LogP contribution in [0.1, 0.15) is 25.8 Å². The lowest BCUT2D eigenvalue weighted by Gasteiger charge is -2.23. The number of aromatic nitrogens is 2. The summed E-state index contributed by atoms with van der Waals surface area (Å²) < 4.78 is 0. The molecular weight excluding hydrogens is 236 g/mol. The fourth-order valence-electron chi connectivity index (χ4n) is 1.48. The molecule has 0 saturated carbocycles. The average Bonchev–Trinajstić information content (AvgIpc) is 2.32. The Morgan fingerprint density at radius 2 is 2.24 bits per heavy atom. The van der Waals surface area contributed by atoms with E-state index in [1.165, 1.54) is 0 Å². The first-order chi connectivity index (χ1) is 8.04. The summed E-state index contributed by atoms with van der Waals surface area (Å²) in [4.78, 5) is 10.4. The highest BCUT2D eigenvalue weighted by atomic mass is 35.5. The molecule has 4 nitrogen and oxygen atoms in total. The molecule has 0 aliphatic rings. The van der Waals surface area contributed by atoms with Gasteiger partial charge in [0.2, 0.25) is 5.28 Å². The van der Waals surface area contributed by atoms with Crippen LogP contribution in [-0.4, -0.2) is 41.0 Å². The Hall–Kier alpha value is -0.870. The molecule has 0 saturated heterocycles. The number of nitrogens with zero attached hydrogens (tertiary/aromatic N) is 3. The number of nitrogens with one attached hydrogen (secondary N) is 1. The molecule has 0 radical (unpaired) electrons. The number of hydrogen-bond donors (Lipinski definition) is 1. The third-order valence-electron chi connectivity index (χ3n) is 3.04. The minimum absolute atomic E-state index is 0.286. The summed E-state index contributed by atoms with van der Waals surface area (Å²) >= 11 is 5.76. The highest BCUT2D eigenvalue weighted by Gasteiger charge is 2.06. The van der Waals surface area contributed by atoms with Crippen LogP contribution in [0.3, 0.4) is 0 Å². The number of hydrogen-bond acceptors (Lipinski definition) is 4. The second-order valence-corrected chi connectivity index (χ2v) is 4.67. The minimum atomic E-state index is 0.286. The Morgan fingerprint density at radius 1 is 1.53 bits per heavy atom. The summed E-state index contributed by atoms with van der Waals surface area (Å²) in [6.45, 7) is 8.23. The number of rotatable bonds is 6. The maximum Gasteiger partial charge on any atom is 0.224 e. The van der Waals surface area contributed by atoms with Crippen LogP contribution < -0.4 is 5.32 Å². The lowest BCUT2D eigenvalue weighted by molar-refractivity contribution is 0.261. The molecule has 1 atom stereocenters. The molecule has 1 unspecified atom stereocenters. The molecule has 5 heteroatoms. The molecule has 17 heavy (non-hydrogen) atoms. The summed E-state index contributed by atoms with van der Waals surface area (Å²) in [5, 5.41) is 3.57. The molecule has 1 N–H and O–H groups in total. The van der Waals surface area contributed by atoms with E-state index >= 15 is 0 Å². The van der Waals surface area contributed by atoms with E-state index in [0.717, 1.165) is 30.9 Å². The van der Waals surface area contributed by atoms with E-state index < -0.39 is 0 Å². The molecule has 1 aromatic rings. The van der Waals surface area contributed by atoms with Crippen LogP contribution in [-0.2, 0) is 0 Å². The molecule has 1 heterocycles. The van der Waals surface area contributed by atoms with Crippen molar-refractivity contribution in [3.8, 4) is 0 Å². The van der Waals surface area contributed by atoms with Gasteiger partial charge in [0, 0.05) is 30.9 Å². The van der Waals surface area contributed by atoms with Crippen molar-refractivity contribution < 1.29 is 0 Å². The molecular formula is C12H21ClN4. The van der Waals surface area contributed by atoms with Crippen LogP contribution in [0.15, 0.2) is 6.20 Å². The van der Waals surface area contributed by atoms with E-state index in [0.29, 0.717) is 6.04 Å². The van der Waals surface area contributed by atoms with Gasteiger partial charge < -0.3 is 10.2 Å². The minimum Gasteiger partial charge on any atom is -0.368 e. The summed E-state index contributed by atoms with van der Waals surface area (Å²) in [5.41, 5.74) is 1.01. The smallest absolute Gasteiger partial charge is 0.224 e. The quantitative estimate of drug-likeness (QED) is 0.795. The van der Waals surface area contributed by atoms with Crippen LogP contribution in [0.5, 0.6) is 0 Å². The van der Waals surface area contributed by atoms with Crippen LogP contribution in [0.2, 0.25) is 5.28 Å². The second kappa shape index (κ2) is 6.77. The highest BCUT2D eigenvalue weighted by molar-refractivity contribution is 6.28. The van der Waals surface area contributed by atoms with Gasteiger partial charge in [0.25, 0.3) is 0 Å². The highest BCUT2D eigenvalue weighted by Crippen LogP contribution is 2.12. The largest absolute Gasteiger partial charge is 0.368 e. The summed E-state index contributed by atoms with van der Waals surface area (Å²) in [6.07, 6.45) is 2.89. The summed E-state index contributed by atoms with van der Waals surface area (Å²) in [5.74, 6) is 0.822. The van der Waals surface area contributed by atoms with E-state index in [-0.39, 0.29) is 5.28 Å². The van der Waals surface area contributed by atoms with Crippen molar-refractivity contribution in [1.29, 1.82) is 0 Å². The second-order valence-electron chi connectivity index (χ2n) is 4.34. The van der Waals surface area contributed by atoms with Crippen LogP contribution in [0.25, 0.3) is 0 Å². The molecule has 96 valence electrons. The van der Waals surface area contributed by atoms with Gasteiger partial charge in [-0.2, -0.15) is 0 Å². The van der Waals surface area contributed by atoms with Gasteiger partial charge in [-0.1, -0.05) is 6.92 Å². The summed E-state index contributed by atoms with van der Waals surface area (Å²) in [7, 11) is 2.13. The third kappa shape index (κ3) is 4.48. The summed E-state index contributed by atoms with van der Waals surface area (Å²) in [6, 6.07) is 0.604. The molecule has 0 fully saturated rings. The Morgan fingerprint density at radius 3 is 2.88 bits per heavy atom. The Kier molecular flexibility index (Phi) is 5.65. The van der Waals surface area contributed by atoms with Gasteiger partial charge in [0.15, 0.2) is 0 Å². The van der Waals surface area contributed by atoms with E-state index in [1.54, 1.807) is 6.20 Å². The first kappa shape index (κ1) is 14.2. The molecule has 0 amide bonds. The number of aryl methyl sites for hydroxylation is 1. The van der Waals surface area contributed by atoms with Crippen molar-refractivity contribution in [3.63, 3.8) is 0 Å². The SMILES string of the molecule is CCC(C)N(C)CCNc1nc(Cl)ncc1C. The van der Waals surface area contributed by atoms with Crippen molar-refractivity contribution in [2.24, 2.45) is 0 Å². The topological polar surface area (TPSA) is 41.0 Å². The Balaban J connectivity index is 2.43. The van der Waals surface area contributed by atoms with Crippen molar-refractivity contribution >= 4 is 17.4 Å². The number of anilines is 1. The molecule has 0 aliphatic carbocycles. The molecule has 0 aliphatic heterocycles. The Labute approximate surface area is 108 Å². The van der Waals surface area contributed by atoms with Crippen LogP contribution >= 0.6 is 11.6 Å². The first-order valence-electron chi connectivity index (χ1n) is 5.97. The van der Waals surface area contributed by atoms with Gasteiger partial charge in [0.05, 0.1) is 0 Å². The zero-order valence-corrected chi connectivity index (χ0v) is 11.8. The fraction of sp³-hybridized carbons (Fsp3) is 0.667. The Bertz CT molecular complexity index is 356.